The van der Waals surface area contributed by atoms with Crippen molar-refractivity contribution in [2.75, 3.05) is 20.3 Å². The van der Waals surface area contributed by atoms with E-state index < -0.39 is 5.97 Å². The van der Waals surface area contributed by atoms with Gasteiger partial charge in [-0.1, -0.05) is 0 Å². The van der Waals surface area contributed by atoms with Gasteiger partial charge in [0.05, 0.1) is 12.2 Å². The Balaban J connectivity index is 2.21. The number of ether oxygens (including phenoxy) is 3. The number of hydrogen-bond acceptors (Lipinski definition) is 4. The van der Waals surface area contributed by atoms with Gasteiger partial charge >= 0.3 is 5.97 Å². The van der Waals surface area contributed by atoms with Crippen molar-refractivity contribution in [2.24, 2.45) is 0 Å². The molecule has 0 amide bonds. The lowest BCUT2D eigenvalue weighted by atomic mass is 10.2. The van der Waals surface area contributed by atoms with Crippen molar-refractivity contribution in [3.8, 4) is 11.5 Å². The number of aromatic carboxylic acids is 1. The quantitative estimate of drug-likeness (QED) is 0.834. The molecule has 0 saturated heterocycles. The lowest BCUT2D eigenvalue weighted by molar-refractivity contribution is 0.0270. The van der Waals surface area contributed by atoms with E-state index in [1.54, 1.807) is 13.2 Å². The predicted molar refractivity (Wildman–Crippen MR) is 55.2 cm³/mol. The largest absolute Gasteiger partial charge is 0.486 e. The summed E-state index contributed by atoms with van der Waals surface area (Å²) in [6, 6.07) is 4.54. The summed E-state index contributed by atoms with van der Waals surface area (Å²) in [6.07, 6.45) is -0.193. The van der Waals surface area contributed by atoms with Crippen LogP contribution in [-0.2, 0) is 4.74 Å². The summed E-state index contributed by atoms with van der Waals surface area (Å²) >= 11 is 0. The zero-order valence-corrected chi connectivity index (χ0v) is 8.80. The van der Waals surface area contributed by atoms with E-state index in [2.05, 4.69) is 0 Å². The third-order valence-corrected chi connectivity index (χ3v) is 2.26. The lowest BCUT2D eigenvalue weighted by Gasteiger charge is -2.26. The van der Waals surface area contributed by atoms with Gasteiger partial charge in [-0.15, -0.1) is 0 Å². The Morgan fingerprint density at radius 2 is 2.38 bits per heavy atom. The van der Waals surface area contributed by atoms with Crippen LogP contribution in [0.5, 0.6) is 11.5 Å². The van der Waals surface area contributed by atoms with Gasteiger partial charge in [0.15, 0.2) is 17.6 Å². The highest BCUT2D eigenvalue weighted by atomic mass is 16.6. The van der Waals surface area contributed by atoms with E-state index in [0.717, 1.165) is 0 Å². The van der Waals surface area contributed by atoms with Crippen LogP contribution in [0.4, 0.5) is 0 Å². The minimum Gasteiger partial charge on any atom is -0.486 e. The second-order valence-corrected chi connectivity index (χ2v) is 3.47. The first-order chi connectivity index (χ1) is 7.70. The summed E-state index contributed by atoms with van der Waals surface area (Å²) in [6.45, 7) is 0.823. The number of methoxy groups -OCH3 is 1. The molecule has 1 aromatic rings. The second-order valence-electron chi connectivity index (χ2n) is 3.47. The first kappa shape index (κ1) is 10.8. The van der Waals surface area contributed by atoms with Crippen molar-refractivity contribution in [3.63, 3.8) is 0 Å². The van der Waals surface area contributed by atoms with Gasteiger partial charge in [-0.3, -0.25) is 0 Å². The Morgan fingerprint density at radius 1 is 1.56 bits per heavy atom. The molecule has 0 aliphatic carbocycles. The zero-order valence-electron chi connectivity index (χ0n) is 8.80. The van der Waals surface area contributed by atoms with Crippen molar-refractivity contribution in [2.45, 2.75) is 6.10 Å². The van der Waals surface area contributed by atoms with Crippen molar-refractivity contribution >= 4 is 5.97 Å². The van der Waals surface area contributed by atoms with Crippen molar-refractivity contribution in [1.82, 2.24) is 0 Å². The van der Waals surface area contributed by atoms with E-state index in [4.69, 9.17) is 19.3 Å². The maximum absolute atomic E-state index is 10.8. The minimum absolute atomic E-state index is 0.181. The average molecular weight is 224 g/mol. The molecule has 0 saturated carbocycles. The zero-order chi connectivity index (χ0) is 11.5. The molecule has 1 heterocycles. The topological polar surface area (TPSA) is 65.0 Å². The molecular formula is C11H12O5. The Morgan fingerprint density at radius 3 is 3.06 bits per heavy atom. The molecule has 1 aliphatic rings. The maximum atomic E-state index is 10.8. The van der Waals surface area contributed by atoms with Crippen LogP contribution in [0.2, 0.25) is 0 Å². The van der Waals surface area contributed by atoms with E-state index >= 15 is 0 Å². The van der Waals surface area contributed by atoms with E-state index in [-0.39, 0.29) is 11.7 Å². The Kier molecular flexibility index (Phi) is 2.96. The molecule has 16 heavy (non-hydrogen) atoms. The van der Waals surface area contributed by atoms with Crippen molar-refractivity contribution in [3.05, 3.63) is 23.8 Å². The normalized spacial score (nSPS) is 18.2. The molecule has 1 aliphatic heterocycles. The summed E-state index contributed by atoms with van der Waals surface area (Å²) < 4.78 is 15.9. The Labute approximate surface area is 92.5 Å². The standard InChI is InChI=1S/C11H12O5/c1-14-5-8-6-15-9-3-2-7(11(12)13)4-10(9)16-8/h2-4,8H,5-6H2,1H3,(H,12,13). The van der Waals surface area contributed by atoms with Crippen molar-refractivity contribution < 1.29 is 24.1 Å². The minimum atomic E-state index is -0.986. The van der Waals surface area contributed by atoms with Gasteiger partial charge in [0.2, 0.25) is 0 Å². The van der Waals surface area contributed by atoms with Crippen LogP contribution >= 0.6 is 0 Å². The summed E-state index contributed by atoms with van der Waals surface area (Å²) in [4.78, 5) is 10.8. The highest BCUT2D eigenvalue weighted by molar-refractivity contribution is 5.88. The molecule has 5 nitrogen and oxygen atoms in total. The van der Waals surface area contributed by atoms with Gasteiger partial charge < -0.3 is 19.3 Å². The molecule has 1 unspecified atom stereocenters. The van der Waals surface area contributed by atoms with Crippen LogP contribution < -0.4 is 9.47 Å². The first-order valence-electron chi connectivity index (χ1n) is 4.86. The van der Waals surface area contributed by atoms with Crippen LogP contribution in [0.15, 0.2) is 18.2 Å². The Bertz CT molecular complexity index is 401. The molecule has 1 atom stereocenters. The van der Waals surface area contributed by atoms with Crippen LogP contribution in [-0.4, -0.2) is 37.5 Å². The number of hydrogen-bond donors (Lipinski definition) is 1. The predicted octanol–water partition coefficient (Wildman–Crippen LogP) is 1.17. The van der Waals surface area contributed by atoms with Crippen LogP contribution in [0.3, 0.4) is 0 Å². The van der Waals surface area contributed by atoms with Crippen LogP contribution in [0.1, 0.15) is 10.4 Å². The fourth-order valence-electron chi connectivity index (χ4n) is 1.52. The molecule has 0 aromatic heterocycles. The van der Waals surface area contributed by atoms with E-state index in [1.165, 1.54) is 12.1 Å². The fraction of sp³-hybridized carbons (Fsp3) is 0.364. The molecule has 0 bridgehead atoms. The number of fused-ring (bicyclic) bond motifs is 1. The SMILES string of the molecule is COCC1COc2ccc(C(=O)O)cc2O1. The summed E-state index contributed by atoms with van der Waals surface area (Å²) in [5, 5.41) is 8.83. The molecule has 86 valence electrons. The average Bonchev–Trinajstić information content (AvgIpc) is 2.28. The third kappa shape index (κ3) is 2.09. The third-order valence-electron chi connectivity index (χ3n) is 2.26. The number of rotatable bonds is 3. The molecule has 1 aromatic carbocycles. The maximum Gasteiger partial charge on any atom is 0.335 e. The highest BCUT2D eigenvalue weighted by Gasteiger charge is 2.21. The van der Waals surface area contributed by atoms with Gasteiger partial charge in [0, 0.05) is 7.11 Å². The van der Waals surface area contributed by atoms with Gasteiger partial charge in [0.1, 0.15) is 6.61 Å². The smallest absolute Gasteiger partial charge is 0.335 e. The van der Waals surface area contributed by atoms with Gasteiger partial charge in [0.25, 0.3) is 0 Å². The lowest BCUT2D eigenvalue weighted by Crippen LogP contribution is -2.33. The summed E-state index contributed by atoms with van der Waals surface area (Å²) in [5.41, 5.74) is 0.181. The Hall–Kier alpha value is -1.75. The number of carboxylic acid groups (broad SMARTS) is 1. The molecule has 5 heteroatoms. The molecule has 2 rings (SSSR count). The number of carbonyl (C=O) groups is 1. The van der Waals surface area contributed by atoms with Gasteiger partial charge in [-0.05, 0) is 18.2 Å². The highest BCUT2D eigenvalue weighted by Crippen LogP contribution is 2.32. The summed E-state index contributed by atoms with van der Waals surface area (Å²) in [7, 11) is 1.58. The van der Waals surface area contributed by atoms with E-state index in [1.807, 2.05) is 0 Å². The van der Waals surface area contributed by atoms with E-state index in [0.29, 0.717) is 24.7 Å². The molecule has 0 radical (unpaired) electrons. The van der Waals surface area contributed by atoms with Crippen LogP contribution in [0.25, 0.3) is 0 Å². The summed E-state index contributed by atoms with van der Waals surface area (Å²) in [5.74, 6) is 0.0332. The van der Waals surface area contributed by atoms with Crippen LogP contribution in [0, 0.1) is 0 Å². The molecule has 0 spiro atoms. The number of carboxylic acids is 1. The fourth-order valence-corrected chi connectivity index (χ4v) is 1.52. The molecule has 0 fully saturated rings. The van der Waals surface area contributed by atoms with Gasteiger partial charge in [-0.25, -0.2) is 4.79 Å². The van der Waals surface area contributed by atoms with Crippen molar-refractivity contribution in [1.29, 1.82) is 0 Å². The molecular weight excluding hydrogens is 212 g/mol. The monoisotopic (exact) mass is 224 g/mol. The number of benzene rings is 1. The molecule has 1 N–H and O–H groups in total. The first-order valence-corrected chi connectivity index (χ1v) is 4.86. The second kappa shape index (κ2) is 4.40. The van der Waals surface area contributed by atoms with Gasteiger partial charge in [-0.2, -0.15) is 0 Å². The van der Waals surface area contributed by atoms with E-state index in [9.17, 15) is 4.79 Å².